The maximum atomic E-state index is 4.62. The topological polar surface area (TPSA) is 49.8 Å². The van der Waals surface area contributed by atoms with Gasteiger partial charge in [0.1, 0.15) is 17.5 Å². The van der Waals surface area contributed by atoms with Gasteiger partial charge in [0.2, 0.25) is 0 Å². The zero-order valence-corrected chi connectivity index (χ0v) is 13.3. The van der Waals surface area contributed by atoms with Crippen LogP contribution in [0.15, 0.2) is 24.3 Å². The minimum absolute atomic E-state index is 0.777. The molecule has 112 valence electrons. The first-order valence-corrected chi connectivity index (χ1v) is 7.55. The fourth-order valence-corrected chi connectivity index (χ4v) is 2.22. The number of aryl methyl sites for hydroxylation is 2. The Labute approximate surface area is 127 Å². The van der Waals surface area contributed by atoms with Crippen LogP contribution in [0.25, 0.3) is 0 Å². The first-order chi connectivity index (χ1) is 10.2. The van der Waals surface area contributed by atoms with E-state index in [1.807, 2.05) is 0 Å². The number of nitrogens with zero attached hydrogens (tertiary/aromatic N) is 2. The SMILES string of the molecule is CCNc1nc(CC)nc(NCc2ccccc2C)c1C. The molecule has 0 aliphatic heterocycles. The number of hydrogen-bond acceptors (Lipinski definition) is 4. The number of aromatic nitrogens is 2. The molecule has 0 spiro atoms. The summed E-state index contributed by atoms with van der Waals surface area (Å²) in [6.45, 7) is 9.97. The first-order valence-electron chi connectivity index (χ1n) is 7.55. The van der Waals surface area contributed by atoms with E-state index in [9.17, 15) is 0 Å². The predicted molar refractivity (Wildman–Crippen MR) is 88.8 cm³/mol. The van der Waals surface area contributed by atoms with Gasteiger partial charge in [-0.1, -0.05) is 31.2 Å². The normalized spacial score (nSPS) is 10.5. The molecule has 1 heterocycles. The third kappa shape index (κ3) is 3.72. The summed E-state index contributed by atoms with van der Waals surface area (Å²) in [5.41, 5.74) is 3.65. The maximum absolute atomic E-state index is 4.62. The van der Waals surface area contributed by atoms with Crippen LogP contribution in [0.4, 0.5) is 11.6 Å². The van der Waals surface area contributed by atoms with Gasteiger partial charge in [0.05, 0.1) is 0 Å². The number of anilines is 2. The third-order valence-electron chi connectivity index (χ3n) is 3.56. The molecule has 2 N–H and O–H groups in total. The molecule has 0 aliphatic rings. The van der Waals surface area contributed by atoms with Crippen molar-refractivity contribution in [3.05, 3.63) is 46.8 Å². The second kappa shape index (κ2) is 7.07. The second-order valence-corrected chi connectivity index (χ2v) is 5.13. The fourth-order valence-electron chi connectivity index (χ4n) is 2.22. The molecule has 0 saturated heterocycles. The average Bonchev–Trinajstić information content (AvgIpc) is 2.49. The van der Waals surface area contributed by atoms with Gasteiger partial charge >= 0.3 is 0 Å². The highest BCUT2D eigenvalue weighted by Crippen LogP contribution is 2.21. The quantitative estimate of drug-likeness (QED) is 0.849. The second-order valence-electron chi connectivity index (χ2n) is 5.13. The van der Waals surface area contributed by atoms with Crippen LogP contribution in [-0.4, -0.2) is 16.5 Å². The summed E-state index contributed by atoms with van der Waals surface area (Å²) in [4.78, 5) is 9.17. The van der Waals surface area contributed by atoms with E-state index >= 15 is 0 Å². The Hall–Kier alpha value is -2.10. The molecule has 2 rings (SSSR count). The van der Waals surface area contributed by atoms with Gasteiger partial charge in [-0.05, 0) is 31.9 Å². The number of hydrogen-bond donors (Lipinski definition) is 2. The van der Waals surface area contributed by atoms with Crippen LogP contribution in [0.1, 0.15) is 36.4 Å². The molecule has 0 amide bonds. The van der Waals surface area contributed by atoms with Crippen LogP contribution in [0, 0.1) is 13.8 Å². The summed E-state index contributed by atoms with van der Waals surface area (Å²) >= 11 is 0. The highest BCUT2D eigenvalue weighted by atomic mass is 15.1. The van der Waals surface area contributed by atoms with Crippen LogP contribution < -0.4 is 10.6 Å². The average molecular weight is 284 g/mol. The van der Waals surface area contributed by atoms with Gasteiger partial charge in [0.15, 0.2) is 0 Å². The van der Waals surface area contributed by atoms with Crippen LogP contribution in [0.3, 0.4) is 0 Å². The van der Waals surface area contributed by atoms with Gasteiger partial charge in [-0.25, -0.2) is 9.97 Å². The summed E-state index contributed by atoms with van der Waals surface area (Å²) in [6, 6.07) is 8.40. The monoisotopic (exact) mass is 284 g/mol. The molecule has 0 radical (unpaired) electrons. The van der Waals surface area contributed by atoms with E-state index in [0.717, 1.165) is 42.5 Å². The molecule has 1 aromatic heterocycles. The lowest BCUT2D eigenvalue weighted by Gasteiger charge is -2.15. The van der Waals surface area contributed by atoms with Crippen molar-refractivity contribution in [2.75, 3.05) is 17.2 Å². The summed E-state index contributed by atoms with van der Waals surface area (Å²) in [5.74, 6) is 2.71. The standard InChI is InChI=1S/C17H24N4/c1-5-15-20-16(18-6-2)13(4)17(21-15)19-11-14-10-8-7-9-12(14)3/h7-10H,5-6,11H2,1-4H3,(H2,18,19,20,21). The molecule has 2 aromatic rings. The zero-order chi connectivity index (χ0) is 15.2. The molecule has 0 aliphatic carbocycles. The summed E-state index contributed by atoms with van der Waals surface area (Å²) in [6.07, 6.45) is 0.831. The summed E-state index contributed by atoms with van der Waals surface area (Å²) < 4.78 is 0. The van der Waals surface area contributed by atoms with Gasteiger partial charge in [0.25, 0.3) is 0 Å². The van der Waals surface area contributed by atoms with E-state index < -0.39 is 0 Å². The molecule has 0 bridgehead atoms. The lowest BCUT2D eigenvalue weighted by Crippen LogP contribution is -2.11. The third-order valence-corrected chi connectivity index (χ3v) is 3.56. The van der Waals surface area contributed by atoms with Gasteiger partial charge in [-0.15, -0.1) is 0 Å². The van der Waals surface area contributed by atoms with Gasteiger partial charge in [-0.3, -0.25) is 0 Å². The maximum Gasteiger partial charge on any atom is 0.135 e. The van der Waals surface area contributed by atoms with E-state index in [0.29, 0.717) is 0 Å². The van der Waals surface area contributed by atoms with Crippen molar-refractivity contribution >= 4 is 11.6 Å². The molecule has 0 fully saturated rings. The molecule has 0 unspecified atom stereocenters. The molecule has 21 heavy (non-hydrogen) atoms. The van der Waals surface area contributed by atoms with Gasteiger partial charge < -0.3 is 10.6 Å². The molecule has 4 nitrogen and oxygen atoms in total. The largest absolute Gasteiger partial charge is 0.370 e. The summed E-state index contributed by atoms with van der Waals surface area (Å²) in [5, 5.41) is 6.76. The van der Waals surface area contributed by atoms with Crippen molar-refractivity contribution in [1.82, 2.24) is 9.97 Å². The van der Waals surface area contributed by atoms with Crippen molar-refractivity contribution in [2.45, 2.75) is 40.7 Å². The van der Waals surface area contributed by atoms with Crippen molar-refractivity contribution in [3.63, 3.8) is 0 Å². The van der Waals surface area contributed by atoms with Gasteiger partial charge in [0, 0.05) is 25.1 Å². The molecular formula is C17H24N4. The molecule has 1 aromatic carbocycles. The minimum atomic E-state index is 0.777. The Kier molecular flexibility index (Phi) is 5.14. The zero-order valence-electron chi connectivity index (χ0n) is 13.3. The lowest BCUT2D eigenvalue weighted by atomic mass is 10.1. The van der Waals surface area contributed by atoms with E-state index in [1.165, 1.54) is 11.1 Å². The van der Waals surface area contributed by atoms with Crippen LogP contribution in [-0.2, 0) is 13.0 Å². The molecular weight excluding hydrogens is 260 g/mol. The number of benzene rings is 1. The van der Waals surface area contributed by atoms with E-state index in [2.05, 4.69) is 72.6 Å². The van der Waals surface area contributed by atoms with Crippen LogP contribution in [0.5, 0.6) is 0 Å². The molecule has 4 heteroatoms. The van der Waals surface area contributed by atoms with E-state index in [-0.39, 0.29) is 0 Å². The number of nitrogens with one attached hydrogen (secondary N) is 2. The van der Waals surface area contributed by atoms with Crippen LogP contribution >= 0.6 is 0 Å². The molecule has 0 saturated carbocycles. The Balaban J connectivity index is 2.22. The highest BCUT2D eigenvalue weighted by Gasteiger charge is 2.09. The first kappa shape index (κ1) is 15.3. The highest BCUT2D eigenvalue weighted by molar-refractivity contribution is 5.57. The number of rotatable bonds is 6. The predicted octanol–water partition coefficient (Wildman–Crippen LogP) is 3.70. The van der Waals surface area contributed by atoms with Crippen molar-refractivity contribution in [2.24, 2.45) is 0 Å². The van der Waals surface area contributed by atoms with Crippen molar-refractivity contribution in [3.8, 4) is 0 Å². The van der Waals surface area contributed by atoms with Crippen LogP contribution in [0.2, 0.25) is 0 Å². The van der Waals surface area contributed by atoms with E-state index in [1.54, 1.807) is 0 Å². The fraction of sp³-hybridized carbons (Fsp3) is 0.412. The van der Waals surface area contributed by atoms with Crippen molar-refractivity contribution < 1.29 is 0 Å². The summed E-state index contributed by atoms with van der Waals surface area (Å²) in [7, 11) is 0. The van der Waals surface area contributed by atoms with E-state index in [4.69, 9.17) is 0 Å². The smallest absolute Gasteiger partial charge is 0.135 e. The minimum Gasteiger partial charge on any atom is -0.370 e. The van der Waals surface area contributed by atoms with Gasteiger partial charge in [-0.2, -0.15) is 0 Å². The Morgan fingerprint density at radius 3 is 2.24 bits per heavy atom. The Morgan fingerprint density at radius 1 is 0.952 bits per heavy atom. The Morgan fingerprint density at radius 2 is 1.62 bits per heavy atom. The lowest BCUT2D eigenvalue weighted by molar-refractivity contribution is 0.918. The Bertz CT molecular complexity index is 608. The van der Waals surface area contributed by atoms with Crippen molar-refractivity contribution in [1.29, 1.82) is 0 Å². The molecule has 0 atom stereocenters.